The fourth-order valence-electron chi connectivity index (χ4n) is 2.63. The number of benzene rings is 1. The lowest BCUT2D eigenvalue weighted by atomic mass is 9.99. The van der Waals surface area contributed by atoms with E-state index in [-0.39, 0.29) is 0 Å². The standard InChI is InChI=1S/C16H20N2O3S/c1-19-12-3-4-13(14(10-12)20-2)16-17-15(21-18-16)9-11-5-7-22-8-6-11/h3-4,10-11H,5-9H2,1-2H3. The highest BCUT2D eigenvalue weighted by Crippen LogP contribution is 2.32. The minimum atomic E-state index is 0.569. The molecular formula is C16H20N2O3S. The number of aromatic nitrogens is 2. The average molecular weight is 320 g/mol. The first kappa shape index (κ1) is 15.2. The molecule has 1 aromatic heterocycles. The van der Waals surface area contributed by atoms with Crippen LogP contribution in [0.1, 0.15) is 18.7 Å². The fraction of sp³-hybridized carbons (Fsp3) is 0.500. The largest absolute Gasteiger partial charge is 0.497 e. The summed E-state index contributed by atoms with van der Waals surface area (Å²) in [6, 6.07) is 5.58. The van der Waals surface area contributed by atoms with Crippen LogP contribution in [0, 0.1) is 5.92 Å². The minimum Gasteiger partial charge on any atom is -0.497 e. The Balaban J connectivity index is 1.78. The van der Waals surface area contributed by atoms with Gasteiger partial charge in [0.1, 0.15) is 11.5 Å². The lowest BCUT2D eigenvalue weighted by Gasteiger charge is -2.19. The molecule has 0 unspecified atom stereocenters. The first-order valence-electron chi connectivity index (χ1n) is 7.43. The minimum absolute atomic E-state index is 0.569. The highest BCUT2D eigenvalue weighted by Gasteiger charge is 2.19. The lowest BCUT2D eigenvalue weighted by Crippen LogP contribution is -2.12. The van der Waals surface area contributed by atoms with Crippen LogP contribution in [0.4, 0.5) is 0 Å². The summed E-state index contributed by atoms with van der Waals surface area (Å²) in [5.74, 6) is 5.83. The summed E-state index contributed by atoms with van der Waals surface area (Å²) in [6.45, 7) is 0. The number of thioether (sulfide) groups is 1. The molecule has 0 bridgehead atoms. The van der Waals surface area contributed by atoms with Crippen molar-refractivity contribution < 1.29 is 14.0 Å². The van der Waals surface area contributed by atoms with E-state index in [1.165, 1.54) is 24.3 Å². The highest BCUT2D eigenvalue weighted by atomic mass is 32.2. The Morgan fingerprint density at radius 1 is 1.23 bits per heavy atom. The van der Waals surface area contributed by atoms with E-state index >= 15 is 0 Å². The molecule has 0 amide bonds. The van der Waals surface area contributed by atoms with Crippen LogP contribution < -0.4 is 9.47 Å². The maximum Gasteiger partial charge on any atom is 0.227 e. The number of rotatable bonds is 5. The predicted octanol–water partition coefficient (Wildman–Crippen LogP) is 3.44. The van der Waals surface area contributed by atoms with E-state index in [4.69, 9.17) is 14.0 Å². The van der Waals surface area contributed by atoms with Gasteiger partial charge in [-0.2, -0.15) is 16.7 Å². The van der Waals surface area contributed by atoms with Crippen molar-refractivity contribution in [2.45, 2.75) is 19.3 Å². The van der Waals surface area contributed by atoms with Gasteiger partial charge in [0.05, 0.1) is 19.8 Å². The van der Waals surface area contributed by atoms with E-state index in [1.807, 2.05) is 30.0 Å². The number of ether oxygens (including phenoxy) is 2. The summed E-state index contributed by atoms with van der Waals surface area (Å²) < 4.78 is 16.0. The van der Waals surface area contributed by atoms with Crippen molar-refractivity contribution in [1.29, 1.82) is 0 Å². The molecular weight excluding hydrogens is 300 g/mol. The van der Waals surface area contributed by atoms with Crippen LogP contribution in [0.15, 0.2) is 22.7 Å². The van der Waals surface area contributed by atoms with Gasteiger partial charge in [0, 0.05) is 12.5 Å². The first-order valence-corrected chi connectivity index (χ1v) is 8.58. The van der Waals surface area contributed by atoms with E-state index in [1.54, 1.807) is 14.2 Å². The molecule has 1 aliphatic heterocycles. The van der Waals surface area contributed by atoms with E-state index in [0.29, 0.717) is 23.4 Å². The van der Waals surface area contributed by atoms with Crippen LogP contribution in [-0.2, 0) is 6.42 Å². The number of hydrogen-bond donors (Lipinski definition) is 0. The fourth-order valence-corrected chi connectivity index (χ4v) is 3.83. The third-order valence-corrected chi connectivity index (χ3v) is 4.97. The number of methoxy groups -OCH3 is 2. The van der Waals surface area contributed by atoms with Gasteiger partial charge in [0.2, 0.25) is 11.7 Å². The summed E-state index contributed by atoms with van der Waals surface area (Å²) in [7, 11) is 3.25. The van der Waals surface area contributed by atoms with Crippen LogP contribution in [0.25, 0.3) is 11.4 Å². The molecule has 1 fully saturated rings. The van der Waals surface area contributed by atoms with E-state index in [9.17, 15) is 0 Å². The molecule has 22 heavy (non-hydrogen) atoms. The second kappa shape index (κ2) is 7.05. The van der Waals surface area contributed by atoms with Crippen molar-refractivity contribution in [3.8, 4) is 22.9 Å². The molecule has 1 aromatic carbocycles. The Hall–Kier alpha value is -1.69. The molecule has 1 saturated heterocycles. The van der Waals surface area contributed by atoms with Crippen molar-refractivity contribution in [3.63, 3.8) is 0 Å². The van der Waals surface area contributed by atoms with Crippen molar-refractivity contribution >= 4 is 11.8 Å². The Kier molecular flexibility index (Phi) is 4.87. The molecule has 0 N–H and O–H groups in total. The van der Waals surface area contributed by atoms with Gasteiger partial charge in [-0.3, -0.25) is 0 Å². The smallest absolute Gasteiger partial charge is 0.227 e. The van der Waals surface area contributed by atoms with Crippen molar-refractivity contribution in [3.05, 3.63) is 24.1 Å². The molecule has 0 spiro atoms. The Bertz CT molecular complexity index is 624. The summed E-state index contributed by atoms with van der Waals surface area (Å²) in [4.78, 5) is 4.53. The molecule has 6 heteroatoms. The molecule has 0 radical (unpaired) electrons. The van der Waals surface area contributed by atoms with Gasteiger partial charge in [-0.15, -0.1) is 0 Å². The number of hydrogen-bond acceptors (Lipinski definition) is 6. The molecule has 118 valence electrons. The topological polar surface area (TPSA) is 57.4 Å². The lowest BCUT2D eigenvalue weighted by molar-refractivity contribution is 0.344. The van der Waals surface area contributed by atoms with Gasteiger partial charge in [0.25, 0.3) is 0 Å². The quantitative estimate of drug-likeness (QED) is 0.841. The van der Waals surface area contributed by atoms with Crippen LogP contribution >= 0.6 is 11.8 Å². The molecule has 0 saturated carbocycles. The molecule has 2 heterocycles. The summed E-state index contributed by atoms with van der Waals surface area (Å²) >= 11 is 2.02. The second-order valence-electron chi connectivity index (χ2n) is 5.34. The first-order chi connectivity index (χ1) is 10.8. The Labute approximate surface area is 134 Å². The second-order valence-corrected chi connectivity index (χ2v) is 6.56. The maximum atomic E-state index is 5.42. The van der Waals surface area contributed by atoms with Crippen molar-refractivity contribution in [1.82, 2.24) is 10.1 Å². The van der Waals surface area contributed by atoms with Gasteiger partial charge >= 0.3 is 0 Å². The predicted molar refractivity (Wildman–Crippen MR) is 86.6 cm³/mol. The van der Waals surface area contributed by atoms with E-state index in [2.05, 4.69) is 10.1 Å². The molecule has 5 nitrogen and oxygen atoms in total. The molecule has 2 aromatic rings. The van der Waals surface area contributed by atoms with Gasteiger partial charge in [-0.25, -0.2) is 0 Å². The third kappa shape index (κ3) is 3.38. The maximum absolute atomic E-state index is 5.42. The normalized spacial score (nSPS) is 15.7. The zero-order valence-electron chi connectivity index (χ0n) is 12.9. The molecule has 1 aliphatic rings. The van der Waals surface area contributed by atoms with Crippen molar-refractivity contribution in [2.24, 2.45) is 5.92 Å². The Morgan fingerprint density at radius 2 is 2.05 bits per heavy atom. The monoisotopic (exact) mass is 320 g/mol. The zero-order chi connectivity index (χ0) is 15.4. The average Bonchev–Trinajstić information content (AvgIpc) is 3.03. The number of nitrogens with zero attached hydrogens (tertiary/aromatic N) is 2. The Morgan fingerprint density at radius 3 is 2.77 bits per heavy atom. The van der Waals surface area contributed by atoms with Crippen LogP contribution in [-0.4, -0.2) is 35.9 Å². The molecule has 0 aliphatic carbocycles. The molecule has 0 atom stereocenters. The van der Waals surface area contributed by atoms with Crippen LogP contribution in [0.3, 0.4) is 0 Å². The van der Waals surface area contributed by atoms with Crippen molar-refractivity contribution in [2.75, 3.05) is 25.7 Å². The van der Waals surface area contributed by atoms with Gasteiger partial charge < -0.3 is 14.0 Å². The van der Waals surface area contributed by atoms with Crippen LogP contribution in [0.2, 0.25) is 0 Å². The van der Waals surface area contributed by atoms with E-state index in [0.717, 1.165) is 17.7 Å². The zero-order valence-corrected chi connectivity index (χ0v) is 13.7. The van der Waals surface area contributed by atoms with Gasteiger partial charge in [-0.1, -0.05) is 5.16 Å². The van der Waals surface area contributed by atoms with Gasteiger partial charge in [-0.05, 0) is 42.4 Å². The SMILES string of the molecule is COc1ccc(-c2noc(CC3CCSCC3)n2)c(OC)c1. The molecule has 3 rings (SSSR count). The summed E-state index contributed by atoms with van der Waals surface area (Å²) in [5.41, 5.74) is 0.817. The highest BCUT2D eigenvalue weighted by molar-refractivity contribution is 7.99. The summed E-state index contributed by atoms with van der Waals surface area (Å²) in [5, 5.41) is 4.10. The third-order valence-electron chi connectivity index (χ3n) is 3.92. The summed E-state index contributed by atoms with van der Waals surface area (Å²) in [6.07, 6.45) is 3.33. The van der Waals surface area contributed by atoms with Crippen LogP contribution in [0.5, 0.6) is 11.5 Å². The van der Waals surface area contributed by atoms with Gasteiger partial charge in [0.15, 0.2) is 0 Å². The van der Waals surface area contributed by atoms with E-state index < -0.39 is 0 Å².